The fourth-order valence-electron chi connectivity index (χ4n) is 2.57. The first-order valence-electron chi connectivity index (χ1n) is 8.05. The summed E-state index contributed by atoms with van der Waals surface area (Å²) >= 11 is 0. The van der Waals surface area contributed by atoms with Gasteiger partial charge in [-0.15, -0.1) is 0 Å². The number of hydrogen-bond acceptors (Lipinski definition) is 4. The number of rotatable bonds is 8. The van der Waals surface area contributed by atoms with Crippen molar-refractivity contribution in [3.8, 4) is 0 Å². The summed E-state index contributed by atoms with van der Waals surface area (Å²) in [6.07, 6.45) is 3.62. The van der Waals surface area contributed by atoms with Crippen molar-refractivity contribution >= 4 is 10.0 Å². The molecule has 0 amide bonds. The third kappa shape index (κ3) is 5.23. The largest absolute Gasteiger partial charge is 0.212 e. The molecule has 6 nitrogen and oxygen atoms in total. The minimum absolute atomic E-state index is 0.0346. The van der Waals surface area contributed by atoms with Crippen molar-refractivity contribution in [3.63, 3.8) is 0 Å². The van der Waals surface area contributed by atoms with E-state index in [1.807, 2.05) is 60.7 Å². The Bertz CT molecular complexity index is 866. The third-order valence-electron chi connectivity index (χ3n) is 3.84. The first-order chi connectivity index (χ1) is 12.1. The second-order valence-corrected chi connectivity index (χ2v) is 7.59. The Kier molecular flexibility index (Phi) is 5.57. The fourth-order valence-corrected chi connectivity index (χ4v) is 3.84. The van der Waals surface area contributed by atoms with E-state index in [4.69, 9.17) is 0 Å². The molecule has 2 aromatic carbocycles. The van der Waals surface area contributed by atoms with Crippen LogP contribution in [0, 0.1) is 0 Å². The van der Waals surface area contributed by atoms with Crippen LogP contribution in [-0.4, -0.2) is 29.2 Å². The molecular formula is C18H20N4O2S. The molecule has 1 N–H and O–H groups in total. The lowest BCUT2D eigenvalue weighted by Crippen LogP contribution is -2.34. The topological polar surface area (TPSA) is 76.9 Å². The van der Waals surface area contributed by atoms with Crippen LogP contribution < -0.4 is 4.72 Å². The van der Waals surface area contributed by atoms with Crippen LogP contribution in [0.25, 0.3) is 0 Å². The van der Waals surface area contributed by atoms with Crippen LogP contribution in [-0.2, 0) is 23.0 Å². The van der Waals surface area contributed by atoms with E-state index >= 15 is 0 Å². The molecule has 0 radical (unpaired) electrons. The number of aryl methyl sites for hydroxylation is 1. The highest BCUT2D eigenvalue weighted by Crippen LogP contribution is 2.16. The zero-order valence-electron chi connectivity index (χ0n) is 13.7. The van der Waals surface area contributed by atoms with Gasteiger partial charge in [0.2, 0.25) is 10.0 Å². The second kappa shape index (κ2) is 8.04. The maximum atomic E-state index is 12.6. The van der Waals surface area contributed by atoms with Crippen LogP contribution in [0.2, 0.25) is 0 Å². The lowest BCUT2D eigenvalue weighted by Gasteiger charge is -2.19. The normalized spacial score (nSPS) is 12.8. The maximum Gasteiger partial charge on any atom is 0.212 e. The Labute approximate surface area is 147 Å². The number of aromatic nitrogens is 3. The van der Waals surface area contributed by atoms with Crippen LogP contribution in [0.3, 0.4) is 0 Å². The van der Waals surface area contributed by atoms with Gasteiger partial charge in [0.1, 0.15) is 0 Å². The van der Waals surface area contributed by atoms with Crippen molar-refractivity contribution in [2.45, 2.75) is 19.0 Å². The predicted molar refractivity (Wildman–Crippen MR) is 96.3 cm³/mol. The van der Waals surface area contributed by atoms with Crippen molar-refractivity contribution in [1.82, 2.24) is 19.7 Å². The van der Waals surface area contributed by atoms with Gasteiger partial charge in [-0.3, -0.25) is 0 Å². The summed E-state index contributed by atoms with van der Waals surface area (Å²) in [4.78, 5) is 1.48. The predicted octanol–water partition coefficient (Wildman–Crippen LogP) is 2.18. The van der Waals surface area contributed by atoms with Crippen LogP contribution in [0.5, 0.6) is 0 Å². The molecule has 0 aliphatic carbocycles. The quantitative estimate of drug-likeness (QED) is 0.671. The summed E-state index contributed by atoms with van der Waals surface area (Å²) in [7, 11) is -3.45. The van der Waals surface area contributed by atoms with Crippen molar-refractivity contribution in [2.24, 2.45) is 0 Å². The lowest BCUT2D eigenvalue weighted by molar-refractivity contribution is 0.444. The summed E-state index contributed by atoms with van der Waals surface area (Å²) in [5, 5.41) is 8.15. The van der Waals surface area contributed by atoms with Crippen LogP contribution in [0.4, 0.5) is 0 Å². The molecule has 25 heavy (non-hydrogen) atoms. The van der Waals surface area contributed by atoms with Gasteiger partial charge < -0.3 is 0 Å². The van der Waals surface area contributed by atoms with Crippen molar-refractivity contribution in [3.05, 3.63) is 84.2 Å². The molecule has 3 rings (SSSR count). The molecule has 0 aliphatic rings. The minimum Gasteiger partial charge on any atom is -0.212 e. The highest BCUT2D eigenvalue weighted by Gasteiger charge is 2.20. The molecule has 7 heteroatoms. The summed E-state index contributed by atoms with van der Waals surface area (Å²) in [5.41, 5.74) is 1.88. The van der Waals surface area contributed by atoms with E-state index in [1.54, 1.807) is 12.4 Å². The summed E-state index contributed by atoms with van der Waals surface area (Å²) in [5.74, 6) is 0.0346. The molecule has 3 aromatic rings. The van der Waals surface area contributed by atoms with Crippen molar-refractivity contribution in [1.29, 1.82) is 0 Å². The first-order valence-corrected chi connectivity index (χ1v) is 9.70. The van der Waals surface area contributed by atoms with Crippen molar-refractivity contribution < 1.29 is 8.42 Å². The Balaban J connectivity index is 1.72. The van der Waals surface area contributed by atoms with Crippen molar-refractivity contribution in [2.75, 3.05) is 5.75 Å². The van der Waals surface area contributed by atoms with Gasteiger partial charge in [0.15, 0.2) is 0 Å². The van der Waals surface area contributed by atoms with Crippen LogP contribution in [0.1, 0.15) is 17.2 Å². The molecule has 0 spiro atoms. The van der Waals surface area contributed by atoms with Gasteiger partial charge in [-0.05, 0) is 17.5 Å². The third-order valence-corrected chi connectivity index (χ3v) is 5.22. The SMILES string of the molecule is O=S(=O)(CCc1ccccc1)NC(Cn1nccn1)c1ccccc1. The average molecular weight is 356 g/mol. The highest BCUT2D eigenvalue weighted by molar-refractivity contribution is 7.89. The first kappa shape index (κ1) is 17.3. The minimum atomic E-state index is -3.45. The monoisotopic (exact) mass is 356 g/mol. The molecule has 1 atom stereocenters. The van der Waals surface area contributed by atoms with Gasteiger partial charge in [0.25, 0.3) is 0 Å². The molecule has 0 saturated carbocycles. The molecule has 1 unspecified atom stereocenters. The van der Waals surface area contributed by atoms with E-state index in [-0.39, 0.29) is 5.75 Å². The molecule has 0 aliphatic heterocycles. The van der Waals surface area contributed by atoms with E-state index < -0.39 is 16.1 Å². The van der Waals surface area contributed by atoms with E-state index in [2.05, 4.69) is 14.9 Å². The summed E-state index contributed by atoms with van der Waals surface area (Å²) < 4.78 is 27.9. The maximum absolute atomic E-state index is 12.6. The van der Waals surface area contributed by atoms with E-state index in [1.165, 1.54) is 4.80 Å². The zero-order chi connectivity index (χ0) is 17.5. The Morgan fingerprint density at radius 3 is 2.16 bits per heavy atom. The van der Waals surface area contributed by atoms with E-state index in [0.29, 0.717) is 13.0 Å². The second-order valence-electron chi connectivity index (χ2n) is 5.72. The average Bonchev–Trinajstić information content (AvgIpc) is 3.14. The molecule has 1 heterocycles. The Morgan fingerprint density at radius 2 is 1.52 bits per heavy atom. The van der Waals surface area contributed by atoms with Crippen LogP contribution >= 0.6 is 0 Å². The highest BCUT2D eigenvalue weighted by atomic mass is 32.2. The molecule has 0 fully saturated rings. The van der Waals surface area contributed by atoms with Gasteiger partial charge in [-0.25, -0.2) is 13.1 Å². The van der Waals surface area contributed by atoms with Gasteiger partial charge in [0, 0.05) is 0 Å². The standard InChI is InChI=1S/C18H20N4O2S/c23-25(24,14-11-16-7-3-1-4-8-16)21-18(15-22-19-12-13-20-22)17-9-5-2-6-10-17/h1-10,12-13,18,21H,11,14-15H2. The molecule has 130 valence electrons. The van der Waals surface area contributed by atoms with Gasteiger partial charge >= 0.3 is 0 Å². The van der Waals surface area contributed by atoms with Gasteiger partial charge in [-0.2, -0.15) is 15.0 Å². The van der Waals surface area contributed by atoms with E-state index in [0.717, 1.165) is 11.1 Å². The smallest absolute Gasteiger partial charge is 0.212 e. The zero-order valence-corrected chi connectivity index (χ0v) is 14.5. The summed E-state index contributed by atoms with van der Waals surface area (Å²) in [6, 6.07) is 18.6. The molecular weight excluding hydrogens is 336 g/mol. The molecule has 0 bridgehead atoms. The number of sulfonamides is 1. The number of nitrogens with one attached hydrogen (secondary N) is 1. The van der Waals surface area contributed by atoms with Crippen LogP contribution in [0.15, 0.2) is 73.1 Å². The Hall–Kier alpha value is -2.51. The summed E-state index contributed by atoms with van der Waals surface area (Å²) in [6.45, 7) is 0.335. The molecule has 1 aromatic heterocycles. The fraction of sp³-hybridized carbons (Fsp3) is 0.222. The van der Waals surface area contributed by atoms with E-state index in [9.17, 15) is 8.42 Å². The van der Waals surface area contributed by atoms with Gasteiger partial charge in [0.05, 0.1) is 30.7 Å². The number of benzene rings is 2. The molecule has 0 saturated heterocycles. The Morgan fingerprint density at radius 1 is 0.920 bits per heavy atom. The number of hydrogen-bond donors (Lipinski definition) is 1. The number of nitrogens with zero attached hydrogens (tertiary/aromatic N) is 3. The lowest BCUT2D eigenvalue weighted by atomic mass is 10.1. The van der Waals surface area contributed by atoms with Gasteiger partial charge in [-0.1, -0.05) is 60.7 Å².